The Morgan fingerprint density at radius 2 is 1.42 bits per heavy atom. The first-order valence-corrected chi connectivity index (χ1v) is 7.62. The molecule has 0 radical (unpaired) electrons. The van der Waals surface area contributed by atoms with Crippen LogP contribution < -0.4 is 15.4 Å². The normalized spacial score (nSPS) is 11.1. The fraction of sp³-hybridized carbons (Fsp3) is 0.111. The minimum Gasteiger partial charge on any atom is -0.495 e. The van der Waals surface area contributed by atoms with E-state index < -0.39 is 11.7 Å². The van der Waals surface area contributed by atoms with Crippen molar-refractivity contribution in [2.45, 2.75) is 6.18 Å². The van der Waals surface area contributed by atoms with Crippen LogP contribution in [0.1, 0.15) is 5.56 Å². The Bertz CT molecular complexity index is 899. The van der Waals surface area contributed by atoms with E-state index in [0.29, 0.717) is 17.3 Å². The molecule has 0 saturated heterocycles. The summed E-state index contributed by atoms with van der Waals surface area (Å²) in [7, 11) is 1.54. The van der Waals surface area contributed by atoms with Crippen LogP contribution in [0.15, 0.2) is 60.9 Å². The van der Waals surface area contributed by atoms with Gasteiger partial charge in [-0.1, -0.05) is 24.3 Å². The molecule has 0 spiro atoms. The van der Waals surface area contributed by atoms with Crippen LogP contribution in [0, 0.1) is 0 Å². The van der Waals surface area contributed by atoms with Crippen LogP contribution in [0.3, 0.4) is 0 Å². The van der Waals surface area contributed by atoms with Crippen molar-refractivity contribution in [1.29, 1.82) is 0 Å². The number of rotatable bonds is 5. The third-order valence-electron chi connectivity index (χ3n) is 3.53. The molecule has 0 aliphatic heterocycles. The average molecular weight is 360 g/mol. The van der Waals surface area contributed by atoms with E-state index in [1.54, 1.807) is 19.2 Å². The van der Waals surface area contributed by atoms with Gasteiger partial charge in [-0.05, 0) is 24.3 Å². The minimum atomic E-state index is -4.46. The topological polar surface area (TPSA) is 59.1 Å². The standard InChI is InChI=1S/C18H15F3N4O/c1-26-15-9-5-4-8-14(15)25-17-10-16(22-11-23-17)24-13-7-3-2-6-12(13)18(19,20)21/h2-11H,1H3,(H2,22,23,24,25). The SMILES string of the molecule is COc1ccccc1Nc1cc(Nc2ccccc2C(F)(F)F)ncn1. The van der Waals surface area contributed by atoms with Gasteiger partial charge in [-0.25, -0.2) is 9.97 Å². The minimum absolute atomic E-state index is 0.0815. The summed E-state index contributed by atoms with van der Waals surface area (Å²) in [6.07, 6.45) is -3.20. The molecule has 0 amide bonds. The molecule has 8 heteroatoms. The molecule has 0 bridgehead atoms. The predicted octanol–water partition coefficient (Wildman–Crippen LogP) is 4.99. The fourth-order valence-corrected chi connectivity index (χ4v) is 2.36. The summed E-state index contributed by atoms with van der Waals surface area (Å²) >= 11 is 0. The van der Waals surface area contributed by atoms with Crippen LogP contribution in [-0.4, -0.2) is 17.1 Å². The summed E-state index contributed by atoms with van der Waals surface area (Å²) in [6.45, 7) is 0. The number of benzene rings is 2. The molecule has 0 saturated carbocycles. The van der Waals surface area contributed by atoms with Crippen LogP contribution in [0.5, 0.6) is 5.75 Å². The van der Waals surface area contributed by atoms with Crippen LogP contribution in [-0.2, 0) is 6.18 Å². The number of ether oxygens (including phenoxy) is 1. The summed E-state index contributed by atoms with van der Waals surface area (Å²) in [5.41, 5.74) is -0.171. The zero-order valence-electron chi connectivity index (χ0n) is 13.7. The van der Waals surface area contributed by atoms with Crippen molar-refractivity contribution in [2.75, 3.05) is 17.7 Å². The number of alkyl halides is 3. The van der Waals surface area contributed by atoms with Gasteiger partial charge < -0.3 is 15.4 Å². The third kappa shape index (κ3) is 4.02. The van der Waals surface area contributed by atoms with E-state index in [2.05, 4.69) is 20.6 Å². The van der Waals surface area contributed by atoms with Gasteiger partial charge in [-0.15, -0.1) is 0 Å². The molecular weight excluding hydrogens is 345 g/mol. The van der Waals surface area contributed by atoms with E-state index in [-0.39, 0.29) is 11.5 Å². The molecule has 3 rings (SSSR count). The smallest absolute Gasteiger partial charge is 0.418 e. The Labute approximate surface area is 147 Å². The van der Waals surface area contributed by atoms with E-state index in [1.807, 2.05) is 12.1 Å². The molecule has 26 heavy (non-hydrogen) atoms. The molecule has 3 aromatic rings. The lowest BCUT2D eigenvalue weighted by Gasteiger charge is -2.14. The number of nitrogens with zero attached hydrogens (tertiary/aromatic N) is 2. The highest BCUT2D eigenvalue weighted by Gasteiger charge is 2.33. The van der Waals surface area contributed by atoms with Gasteiger partial charge in [0.1, 0.15) is 23.7 Å². The van der Waals surface area contributed by atoms with Crippen LogP contribution in [0.2, 0.25) is 0 Å². The van der Waals surface area contributed by atoms with Gasteiger partial charge in [0.15, 0.2) is 0 Å². The molecular formula is C18H15F3N4O. The van der Waals surface area contributed by atoms with E-state index in [0.717, 1.165) is 6.07 Å². The zero-order chi connectivity index (χ0) is 18.6. The largest absolute Gasteiger partial charge is 0.495 e. The van der Waals surface area contributed by atoms with E-state index >= 15 is 0 Å². The van der Waals surface area contributed by atoms with E-state index in [4.69, 9.17) is 4.74 Å². The van der Waals surface area contributed by atoms with Gasteiger partial charge in [-0.2, -0.15) is 13.2 Å². The molecule has 0 fully saturated rings. The van der Waals surface area contributed by atoms with Crippen molar-refractivity contribution in [3.63, 3.8) is 0 Å². The second-order valence-corrected chi connectivity index (χ2v) is 5.28. The molecule has 2 N–H and O–H groups in total. The van der Waals surface area contributed by atoms with Gasteiger partial charge in [0.25, 0.3) is 0 Å². The fourth-order valence-electron chi connectivity index (χ4n) is 2.36. The van der Waals surface area contributed by atoms with Gasteiger partial charge in [-0.3, -0.25) is 0 Å². The monoisotopic (exact) mass is 360 g/mol. The van der Waals surface area contributed by atoms with Crippen molar-refractivity contribution in [1.82, 2.24) is 9.97 Å². The van der Waals surface area contributed by atoms with Crippen molar-refractivity contribution in [3.8, 4) is 5.75 Å². The number of halogens is 3. The lowest BCUT2D eigenvalue weighted by molar-refractivity contribution is -0.136. The maximum Gasteiger partial charge on any atom is 0.418 e. The Kier molecular flexibility index (Phi) is 4.92. The molecule has 1 heterocycles. The molecule has 2 aromatic carbocycles. The highest BCUT2D eigenvalue weighted by Crippen LogP contribution is 2.35. The number of methoxy groups -OCH3 is 1. The van der Waals surface area contributed by atoms with Crippen molar-refractivity contribution in [3.05, 3.63) is 66.5 Å². The van der Waals surface area contributed by atoms with Gasteiger partial charge in [0.2, 0.25) is 0 Å². The summed E-state index contributed by atoms with van der Waals surface area (Å²) < 4.78 is 44.6. The first kappa shape index (κ1) is 17.5. The maximum absolute atomic E-state index is 13.1. The van der Waals surface area contributed by atoms with E-state index in [1.165, 1.54) is 30.6 Å². The third-order valence-corrected chi connectivity index (χ3v) is 3.53. The van der Waals surface area contributed by atoms with Crippen molar-refractivity contribution < 1.29 is 17.9 Å². The van der Waals surface area contributed by atoms with Gasteiger partial charge in [0.05, 0.1) is 24.0 Å². The summed E-state index contributed by atoms with van der Waals surface area (Å²) in [5, 5.41) is 5.75. The molecule has 0 atom stereocenters. The Morgan fingerprint density at radius 3 is 2.08 bits per heavy atom. The second-order valence-electron chi connectivity index (χ2n) is 5.28. The lowest BCUT2D eigenvalue weighted by atomic mass is 10.1. The first-order valence-electron chi connectivity index (χ1n) is 7.62. The number of hydrogen-bond donors (Lipinski definition) is 2. The number of para-hydroxylation sites is 3. The van der Waals surface area contributed by atoms with Gasteiger partial charge >= 0.3 is 6.18 Å². The first-order chi connectivity index (χ1) is 12.5. The zero-order valence-corrected chi connectivity index (χ0v) is 13.7. The predicted molar refractivity (Wildman–Crippen MR) is 93.0 cm³/mol. The van der Waals surface area contributed by atoms with Crippen LogP contribution >= 0.6 is 0 Å². The molecule has 0 aliphatic rings. The number of aromatic nitrogens is 2. The second kappa shape index (κ2) is 7.30. The molecule has 0 aliphatic carbocycles. The van der Waals surface area contributed by atoms with Crippen LogP contribution in [0.4, 0.5) is 36.2 Å². The Hall–Kier alpha value is -3.29. The van der Waals surface area contributed by atoms with Gasteiger partial charge in [0, 0.05) is 6.07 Å². The number of anilines is 4. The van der Waals surface area contributed by atoms with E-state index in [9.17, 15) is 13.2 Å². The molecule has 5 nitrogen and oxygen atoms in total. The lowest BCUT2D eigenvalue weighted by Crippen LogP contribution is -2.09. The summed E-state index contributed by atoms with van der Waals surface area (Å²) in [4.78, 5) is 8.06. The maximum atomic E-state index is 13.1. The highest BCUT2D eigenvalue weighted by atomic mass is 19.4. The van der Waals surface area contributed by atoms with Crippen molar-refractivity contribution >= 4 is 23.0 Å². The number of nitrogens with one attached hydrogen (secondary N) is 2. The summed E-state index contributed by atoms with van der Waals surface area (Å²) in [6, 6.07) is 14.0. The van der Waals surface area contributed by atoms with Crippen molar-refractivity contribution in [2.24, 2.45) is 0 Å². The number of hydrogen-bond acceptors (Lipinski definition) is 5. The molecule has 1 aromatic heterocycles. The summed E-state index contributed by atoms with van der Waals surface area (Å²) in [5.74, 6) is 1.26. The molecule has 0 unspecified atom stereocenters. The highest BCUT2D eigenvalue weighted by molar-refractivity contribution is 5.68. The Balaban J connectivity index is 1.85. The van der Waals surface area contributed by atoms with Crippen LogP contribution in [0.25, 0.3) is 0 Å². The average Bonchev–Trinajstić information content (AvgIpc) is 2.62. The Morgan fingerprint density at radius 1 is 0.846 bits per heavy atom. The quantitative estimate of drug-likeness (QED) is 0.671. The molecule has 134 valence electrons.